The van der Waals surface area contributed by atoms with Crippen LogP contribution >= 0.6 is 31.9 Å². The number of carbonyl (C=O) groups excluding carboxylic acids is 1. The van der Waals surface area contributed by atoms with Crippen LogP contribution in [0.4, 0.5) is 5.69 Å². The summed E-state index contributed by atoms with van der Waals surface area (Å²) in [5.41, 5.74) is 2.19. The molecule has 0 aromatic heterocycles. The average Bonchev–Trinajstić information content (AvgIpc) is 2.66. The third kappa shape index (κ3) is 5.11. The Morgan fingerprint density at radius 2 is 1.78 bits per heavy atom. The van der Waals surface area contributed by atoms with E-state index in [-0.39, 0.29) is 5.91 Å². The van der Waals surface area contributed by atoms with Crippen LogP contribution in [0.1, 0.15) is 15.9 Å². The molecule has 0 fully saturated rings. The molecule has 0 bridgehead atoms. The van der Waals surface area contributed by atoms with Crippen molar-refractivity contribution in [3.05, 3.63) is 86.8 Å². The topological polar surface area (TPSA) is 47.6 Å². The highest BCUT2D eigenvalue weighted by atomic mass is 79.9. The Bertz CT molecular complexity index is 945. The Kier molecular flexibility index (Phi) is 6.53. The number of hydrogen-bond donors (Lipinski definition) is 1. The van der Waals surface area contributed by atoms with Crippen LogP contribution in [0.3, 0.4) is 0 Å². The second kappa shape index (κ2) is 9.06. The average molecular weight is 491 g/mol. The summed E-state index contributed by atoms with van der Waals surface area (Å²) in [5, 5.41) is 2.88. The Labute approximate surface area is 174 Å². The highest BCUT2D eigenvalue weighted by Crippen LogP contribution is 2.37. The first-order valence-corrected chi connectivity index (χ1v) is 9.76. The lowest BCUT2D eigenvalue weighted by atomic mass is 10.1. The summed E-state index contributed by atoms with van der Waals surface area (Å²) in [6, 6.07) is 20.6. The molecule has 0 aliphatic rings. The first kappa shape index (κ1) is 19.5. The quantitative estimate of drug-likeness (QED) is 0.457. The summed E-state index contributed by atoms with van der Waals surface area (Å²) < 4.78 is 12.9. The molecular weight excluding hydrogens is 474 g/mol. The zero-order chi connectivity index (χ0) is 19.2. The van der Waals surface area contributed by atoms with Crippen LogP contribution in [0.2, 0.25) is 0 Å². The van der Waals surface area contributed by atoms with E-state index >= 15 is 0 Å². The van der Waals surface area contributed by atoms with Crippen LogP contribution in [0.25, 0.3) is 0 Å². The number of carbonyl (C=O) groups is 1. The highest BCUT2D eigenvalue weighted by Gasteiger charge is 2.16. The summed E-state index contributed by atoms with van der Waals surface area (Å²) in [5.74, 6) is 0.807. The number of rotatable bonds is 6. The van der Waals surface area contributed by atoms with Crippen molar-refractivity contribution in [1.82, 2.24) is 0 Å². The van der Waals surface area contributed by atoms with Gasteiger partial charge in [-0.2, -0.15) is 0 Å². The number of anilines is 1. The van der Waals surface area contributed by atoms with Crippen molar-refractivity contribution in [3.8, 4) is 11.5 Å². The van der Waals surface area contributed by atoms with Crippen molar-refractivity contribution < 1.29 is 14.3 Å². The molecule has 0 radical (unpaired) electrons. The van der Waals surface area contributed by atoms with Crippen molar-refractivity contribution in [2.75, 3.05) is 12.4 Å². The molecule has 0 spiro atoms. The van der Waals surface area contributed by atoms with E-state index in [1.807, 2.05) is 54.6 Å². The number of methoxy groups -OCH3 is 1. The first-order valence-electron chi connectivity index (χ1n) is 8.18. The van der Waals surface area contributed by atoms with Gasteiger partial charge in [-0.15, -0.1) is 0 Å². The fraction of sp³-hybridized carbons (Fsp3) is 0.0952. The van der Waals surface area contributed by atoms with Gasteiger partial charge in [-0.05, 0) is 51.8 Å². The maximum atomic E-state index is 12.7. The van der Waals surface area contributed by atoms with Crippen molar-refractivity contribution in [1.29, 1.82) is 0 Å². The fourth-order valence-electron chi connectivity index (χ4n) is 2.51. The van der Waals surface area contributed by atoms with E-state index in [4.69, 9.17) is 9.47 Å². The number of amides is 1. The normalized spacial score (nSPS) is 10.3. The molecule has 4 nitrogen and oxygen atoms in total. The molecule has 3 aromatic carbocycles. The van der Waals surface area contributed by atoms with E-state index in [2.05, 4.69) is 37.2 Å². The van der Waals surface area contributed by atoms with Gasteiger partial charge in [0.2, 0.25) is 0 Å². The second-order valence-electron chi connectivity index (χ2n) is 5.73. The van der Waals surface area contributed by atoms with E-state index in [0.717, 1.165) is 10.0 Å². The molecule has 0 aliphatic carbocycles. The van der Waals surface area contributed by atoms with Gasteiger partial charge in [0.25, 0.3) is 5.91 Å². The maximum Gasteiger partial charge on any atom is 0.255 e. The lowest BCUT2D eigenvalue weighted by molar-refractivity contribution is 0.102. The minimum atomic E-state index is -0.235. The molecule has 1 N–H and O–H groups in total. The molecule has 0 heterocycles. The predicted molar refractivity (Wildman–Crippen MR) is 114 cm³/mol. The Morgan fingerprint density at radius 1 is 1.00 bits per heavy atom. The lowest BCUT2D eigenvalue weighted by Crippen LogP contribution is -2.12. The first-order chi connectivity index (χ1) is 13.1. The van der Waals surface area contributed by atoms with Gasteiger partial charge in [0.05, 0.1) is 11.6 Å². The molecule has 0 atom stereocenters. The van der Waals surface area contributed by atoms with Gasteiger partial charge in [0.15, 0.2) is 11.5 Å². The van der Waals surface area contributed by atoms with E-state index in [1.165, 1.54) is 0 Å². The number of nitrogens with one attached hydrogen (secondary N) is 1. The molecule has 0 unspecified atom stereocenters. The summed E-state index contributed by atoms with van der Waals surface area (Å²) >= 11 is 6.86. The van der Waals surface area contributed by atoms with Gasteiger partial charge in [0, 0.05) is 15.7 Å². The Morgan fingerprint density at radius 3 is 2.48 bits per heavy atom. The summed E-state index contributed by atoms with van der Waals surface area (Å²) in [7, 11) is 1.57. The lowest BCUT2D eigenvalue weighted by Gasteiger charge is -2.14. The summed E-state index contributed by atoms with van der Waals surface area (Å²) in [6.07, 6.45) is 0. The van der Waals surface area contributed by atoms with E-state index < -0.39 is 0 Å². The largest absolute Gasteiger partial charge is 0.492 e. The van der Waals surface area contributed by atoms with Crippen molar-refractivity contribution in [3.63, 3.8) is 0 Å². The monoisotopic (exact) mass is 489 g/mol. The maximum absolute atomic E-state index is 12.7. The molecular formula is C21H17Br2NO3. The second-order valence-corrected chi connectivity index (χ2v) is 7.50. The molecule has 0 aliphatic heterocycles. The van der Waals surface area contributed by atoms with E-state index in [1.54, 1.807) is 19.2 Å². The molecule has 6 heteroatoms. The van der Waals surface area contributed by atoms with Gasteiger partial charge >= 0.3 is 0 Å². The minimum Gasteiger partial charge on any atom is -0.492 e. The third-order valence-corrected chi connectivity index (χ3v) is 4.88. The molecule has 27 heavy (non-hydrogen) atoms. The number of halogens is 2. The van der Waals surface area contributed by atoms with Crippen LogP contribution in [-0.2, 0) is 6.61 Å². The number of benzene rings is 3. The van der Waals surface area contributed by atoms with Crippen LogP contribution in [0.15, 0.2) is 75.7 Å². The van der Waals surface area contributed by atoms with Gasteiger partial charge in [0.1, 0.15) is 6.61 Å². The SMILES string of the molecule is COc1c(Br)cc(C(=O)Nc2cccc(Br)c2)cc1OCc1ccccc1. The summed E-state index contributed by atoms with van der Waals surface area (Å²) in [4.78, 5) is 12.7. The van der Waals surface area contributed by atoms with Gasteiger partial charge in [-0.1, -0.05) is 52.3 Å². The predicted octanol–water partition coefficient (Wildman–Crippen LogP) is 6.05. The third-order valence-electron chi connectivity index (χ3n) is 3.80. The number of ether oxygens (including phenoxy) is 2. The van der Waals surface area contributed by atoms with Gasteiger partial charge in [-0.3, -0.25) is 4.79 Å². The Balaban J connectivity index is 1.83. The molecule has 3 rings (SSSR count). The molecule has 138 valence electrons. The van der Waals surface area contributed by atoms with Crippen LogP contribution in [0.5, 0.6) is 11.5 Å². The molecule has 0 saturated carbocycles. The zero-order valence-electron chi connectivity index (χ0n) is 14.5. The number of hydrogen-bond acceptors (Lipinski definition) is 3. The van der Waals surface area contributed by atoms with Crippen LogP contribution in [0, 0.1) is 0 Å². The fourth-order valence-corrected chi connectivity index (χ4v) is 3.51. The molecule has 0 saturated heterocycles. The van der Waals surface area contributed by atoms with Gasteiger partial charge < -0.3 is 14.8 Å². The van der Waals surface area contributed by atoms with Crippen molar-refractivity contribution >= 4 is 43.5 Å². The standard InChI is InChI=1S/C21H17Br2NO3/c1-26-20-18(23)10-15(21(25)24-17-9-5-8-16(22)12-17)11-19(20)27-13-14-6-3-2-4-7-14/h2-12H,13H2,1H3,(H,24,25). The highest BCUT2D eigenvalue weighted by molar-refractivity contribution is 9.10. The molecule has 1 amide bonds. The minimum absolute atomic E-state index is 0.235. The zero-order valence-corrected chi connectivity index (χ0v) is 17.7. The van der Waals surface area contributed by atoms with Gasteiger partial charge in [-0.25, -0.2) is 0 Å². The smallest absolute Gasteiger partial charge is 0.255 e. The Hall–Kier alpha value is -2.31. The van der Waals surface area contributed by atoms with E-state index in [0.29, 0.717) is 33.8 Å². The van der Waals surface area contributed by atoms with Crippen LogP contribution in [-0.4, -0.2) is 13.0 Å². The summed E-state index contributed by atoms with van der Waals surface area (Å²) in [6.45, 7) is 0.375. The van der Waals surface area contributed by atoms with Crippen molar-refractivity contribution in [2.45, 2.75) is 6.61 Å². The molecule has 3 aromatic rings. The van der Waals surface area contributed by atoms with Crippen LogP contribution < -0.4 is 14.8 Å². The van der Waals surface area contributed by atoms with E-state index in [9.17, 15) is 4.79 Å². The van der Waals surface area contributed by atoms with Crippen molar-refractivity contribution in [2.24, 2.45) is 0 Å².